The summed E-state index contributed by atoms with van der Waals surface area (Å²) in [5.41, 5.74) is 4.85. The summed E-state index contributed by atoms with van der Waals surface area (Å²) in [6.45, 7) is -0.0365. The van der Waals surface area contributed by atoms with Crippen LogP contribution >= 0.6 is 0 Å². The molecule has 1 aromatic rings. The molecule has 0 radical (unpaired) electrons. The summed E-state index contributed by atoms with van der Waals surface area (Å²) in [7, 11) is 0. The Morgan fingerprint density at radius 2 is 2.22 bits per heavy atom. The number of nitrogens with zero attached hydrogens (tertiary/aromatic N) is 2. The van der Waals surface area contributed by atoms with Crippen LogP contribution in [0.3, 0.4) is 0 Å². The van der Waals surface area contributed by atoms with Crippen LogP contribution in [0.25, 0.3) is 0 Å². The van der Waals surface area contributed by atoms with Gasteiger partial charge in [-0.25, -0.2) is 9.59 Å². The van der Waals surface area contributed by atoms with Crippen molar-refractivity contribution in [2.45, 2.75) is 19.0 Å². The number of aliphatic carboxylic acids is 1. The summed E-state index contributed by atoms with van der Waals surface area (Å²) in [6, 6.07) is -2.17. The molecular weight excluding hydrogens is 246 g/mol. The fourth-order valence-electron chi connectivity index (χ4n) is 1.04. The molecule has 1 atom stereocenters. The van der Waals surface area contributed by atoms with Gasteiger partial charge in [-0.05, 0) is 0 Å². The summed E-state index contributed by atoms with van der Waals surface area (Å²) in [6.07, 6.45) is 0.590. The maximum absolute atomic E-state index is 11.3. The first-order valence-corrected chi connectivity index (χ1v) is 4.79. The highest BCUT2D eigenvalue weighted by Gasteiger charge is 2.21. The average molecular weight is 257 g/mol. The molecular formula is C8H11N5O5. The molecule has 3 amide bonds. The highest BCUT2D eigenvalue weighted by molar-refractivity contribution is 5.87. The molecule has 10 nitrogen and oxygen atoms in total. The van der Waals surface area contributed by atoms with Gasteiger partial charge in [0.2, 0.25) is 12.3 Å². The number of primary amides is 1. The number of carbonyl (C=O) groups excluding carboxylic acids is 2. The number of hydrogen-bond acceptors (Lipinski definition) is 6. The maximum Gasteiger partial charge on any atom is 0.326 e. The van der Waals surface area contributed by atoms with Gasteiger partial charge in [0.1, 0.15) is 6.04 Å². The van der Waals surface area contributed by atoms with Gasteiger partial charge in [-0.1, -0.05) is 5.16 Å². The highest BCUT2D eigenvalue weighted by atomic mass is 16.5. The normalized spacial score (nSPS) is 11.6. The SMILES string of the molecule is NC(=O)C[C@H](NC(=O)NCc1ncon1)C(=O)O. The standard InChI is InChI=1S/C8H11N5O5/c9-5(14)1-4(7(15)16)12-8(17)10-2-6-11-3-18-13-6/h3-4H,1-2H2,(H2,9,14)(H,15,16)(H2,10,12,17)/t4-/m0/s1. The Bertz CT molecular complexity index is 431. The van der Waals surface area contributed by atoms with Crippen LogP contribution in [-0.2, 0) is 16.1 Å². The molecule has 98 valence electrons. The second-order valence-electron chi connectivity index (χ2n) is 3.24. The minimum atomic E-state index is -1.38. The Hall–Kier alpha value is -2.65. The first kappa shape index (κ1) is 13.4. The summed E-state index contributed by atoms with van der Waals surface area (Å²) in [5, 5.41) is 16.5. The zero-order valence-electron chi connectivity index (χ0n) is 9.12. The van der Waals surface area contributed by atoms with E-state index in [1.165, 1.54) is 0 Å². The van der Waals surface area contributed by atoms with Gasteiger partial charge in [-0.2, -0.15) is 4.98 Å². The van der Waals surface area contributed by atoms with E-state index in [4.69, 9.17) is 10.8 Å². The summed E-state index contributed by atoms with van der Waals surface area (Å²) < 4.78 is 4.43. The molecule has 0 aromatic carbocycles. The lowest BCUT2D eigenvalue weighted by Crippen LogP contribution is -2.47. The van der Waals surface area contributed by atoms with Crippen molar-refractivity contribution in [1.82, 2.24) is 20.8 Å². The van der Waals surface area contributed by atoms with Crippen LogP contribution in [0.2, 0.25) is 0 Å². The monoisotopic (exact) mass is 257 g/mol. The summed E-state index contributed by atoms with van der Waals surface area (Å²) in [4.78, 5) is 36.3. The fraction of sp³-hybridized carbons (Fsp3) is 0.375. The summed E-state index contributed by atoms with van der Waals surface area (Å²) >= 11 is 0. The molecule has 0 spiro atoms. The number of urea groups is 1. The molecule has 5 N–H and O–H groups in total. The quantitative estimate of drug-likeness (QED) is 0.467. The molecule has 0 aliphatic carbocycles. The number of carboxylic acid groups (broad SMARTS) is 1. The predicted molar refractivity (Wildman–Crippen MR) is 54.9 cm³/mol. The van der Waals surface area contributed by atoms with Crippen molar-refractivity contribution in [3.05, 3.63) is 12.2 Å². The van der Waals surface area contributed by atoms with E-state index in [1.807, 2.05) is 0 Å². The molecule has 1 rings (SSSR count). The van der Waals surface area contributed by atoms with Crippen molar-refractivity contribution >= 4 is 17.9 Å². The lowest BCUT2D eigenvalue weighted by molar-refractivity contribution is -0.140. The number of nitrogens with one attached hydrogen (secondary N) is 2. The molecule has 0 unspecified atom stereocenters. The van der Waals surface area contributed by atoms with E-state index in [-0.39, 0.29) is 12.4 Å². The topological polar surface area (TPSA) is 160 Å². The second-order valence-corrected chi connectivity index (χ2v) is 3.24. The second kappa shape index (κ2) is 6.18. The lowest BCUT2D eigenvalue weighted by Gasteiger charge is -2.12. The van der Waals surface area contributed by atoms with Crippen LogP contribution < -0.4 is 16.4 Å². The fourth-order valence-corrected chi connectivity index (χ4v) is 1.04. The molecule has 1 aromatic heterocycles. The zero-order chi connectivity index (χ0) is 13.5. The molecule has 0 bridgehead atoms. The third-order valence-corrected chi connectivity index (χ3v) is 1.82. The van der Waals surface area contributed by atoms with E-state index in [2.05, 4.69) is 25.3 Å². The van der Waals surface area contributed by atoms with Crippen LogP contribution in [0, 0.1) is 0 Å². The van der Waals surface area contributed by atoms with Crippen molar-refractivity contribution in [2.75, 3.05) is 0 Å². The number of rotatable bonds is 6. The number of amides is 3. The predicted octanol–water partition coefficient (Wildman–Crippen LogP) is -1.80. The van der Waals surface area contributed by atoms with Gasteiger partial charge >= 0.3 is 12.0 Å². The molecule has 10 heteroatoms. The van der Waals surface area contributed by atoms with E-state index >= 15 is 0 Å². The van der Waals surface area contributed by atoms with Gasteiger partial charge in [0, 0.05) is 0 Å². The molecule has 0 saturated heterocycles. The van der Waals surface area contributed by atoms with E-state index in [9.17, 15) is 14.4 Å². The van der Waals surface area contributed by atoms with Crippen LogP contribution in [0.1, 0.15) is 12.2 Å². The minimum absolute atomic E-state index is 0.0365. The minimum Gasteiger partial charge on any atom is -0.480 e. The maximum atomic E-state index is 11.3. The molecule has 0 saturated carbocycles. The lowest BCUT2D eigenvalue weighted by atomic mass is 10.2. The van der Waals surface area contributed by atoms with Gasteiger partial charge in [-0.15, -0.1) is 0 Å². The Kier molecular flexibility index (Phi) is 4.60. The highest BCUT2D eigenvalue weighted by Crippen LogP contribution is 1.92. The van der Waals surface area contributed by atoms with Crippen molar-refractivity contribution in [1.29, 1.82) is 0 Å². The van der Waals surface area contributed by atoms with Crippen molar-refractivity contribution in [3.63, 3.8) is 0 Å². The number of carbonyl (C=O) groups is 3. The zero-order valence-corrected chi connectivity index (χ0v) is 9.12. The molecule has 18 heavy (non-hydrogen) atoms. The van der Waals surface area contributed by atoms with Crippen molar-refractivity contribution in [3.8, 4) is 0 Å². The van der Waals surface area contributed by atoms with Gasteiger partial charge in [0.25, 0.3) is 0 Å². The van der Waals surface area contributed by atoms with Crippen LogP contribution in [0.5, 0.6) is 0 Å². The van der Waals surface area contributed by atoms with Gasteiger partial charge in [-0.3, -0.25) is 4.79 Å². The molecule has 0 aliphatic heterocycles. The number of aromatic nitrogens is 2. The third-order valence-electron chi connectivity index (χ3n) is 1.82. The first-order chi connectivity index (χ1) is 8.49. The largest absolute Gasteiger partial charge is 0.480 e. The van der Waals surface area contributed by atoms with E-state index < -0.39 is 30.4 Å². The Labute approximate surface area is 101 Å². The van der Waals surface area contributed by atoms with E-state index in [1.54, 1.807) is 0 Å². The number of nitrogens with two attached hydrogens (primary N) is 1. The Morgan fingerprint density at radius 1 is 1.50 bits per heavy atom. The number of carboxylic acids is 1. The molecule has 0 fully saturated rings. The Balaban J connectivity index is 2.41. The van der Waals surface area contributed by atoms with Crippen molar-refractivity contribution in [2.24, 2.45) is 5.73 Å². The average Bonchev–Trinajstić information content (AvgIpc) is 2.77. The van der Waals surface area contributed by atoms with Crippen LogP contribution in [0.4, 0.5) is 4.79 Å². The Morgan fingerprint density at radius 3 is 2.72 bits per heavy atom. The van der Waals surface area contributed by atoms with Crippen LogP contribution in [-0.4, -0.2) is 39.2 Å². The smallest absolute Gasteiger partial charge is 0.326 e. The summed E-state index contributed by atoms with van der Waals surface area (Å²) in [5.74, 6) is -1.96. The molecule has 0 aliphatic rings. The first-order valence-electron chi connectivity index (χ1n) is 4.79. The molecule has 1 heterocycles. The van der Waals surface area contributed by atoms with Gasteiger partial charge in [0.05, 0.1) is 13.0 Å². The third kappa shape index (κ3) is 4.47. The van der Waals surface area contributed by atoms with E-state index in [0.29, 0.717) is 0 Å². The van der Waals surface area contributed by atoms with Gasteiger partial charge < -0.3 is 26.0 Å². The van der Waals surface area contributed by atoms with Gasteiger partial charge in [0.15, 0.2) is 5.82 Å². The van der Waals surface area contributed by atoms with E-state index in [0.717, 1.165) is 6.39 Å². The van der Waals surface area contributed by atoms with Crippen LogP contribution in [0.15, 0.2) is 10.9 Å². The number of hydrogen-bond donors (Lipinski definition) is 4. The van der Waals surface area contributed by atoms with Crippen molar-refractivity contribution < 1.29 is 24.0 Å².